The quantitative estimate of drug-likeness (QED) is 0.769. The monoisotopic (exact) mass is 323 g/mol. The maximum Gasteiger partial charge on any atom is 0.224 e. The average Bonchev–Trinajstić information content (AvgIpc) is 3.05. The van der Waals surface area contributed by atoms with Crippen LogP contribution in [-0.2, 0) is 11.2 Å². The SMILES string of the molecule is Cc1ccc(NC(=O)CCc2nc(-c3cccnc3)cs2)cc1. The number of aryl methyl sites for hydroxylation is 2. The Labute approximate surface area is 139 Å². The molecular formula is C18H17N3OS. The average molecular weight is 323 g/mol. The molecule has 0 aliphatic carbocycles. The van der Waals surface area contributed by atoms with Crippen LogP contribution >= 0.6 is 11.3 Å². The summed E-state index contributed by atoms with van der Waals surface area (Å²) in [5.74, 6) is 0.00646. The molecule has 3 rings (SSSR count). The van der Waals surface area contributed by atoms with E-state index in [-0.39, 0.29) is 5.91 Å². The number of carbonyl (C=O) groups excluding carboxylic acids is 1. The first kappa shape index (κ1) is 15.4. The first-order valence-corrected chi connectivity index (χ1v) is 8.30. The summed E-state index contributed by atoms with van der Waals surface area (Å²) in [6.07, 6.45) is 4.60. The normalized spacial score (nSPS) is 10.5. The van der Waals surface area contributed by atoms with E-state index in [9.17, 15) is 4.79 Å². The first-order valence-electron chi connectivity index (χ1n) is 7.42. The number of pyridine rings is 1. The number of rotatable bonds is 5. The number of hydrogen-bond acceptors (Lipinski definition) is 4. The second-order valence-corrected chi connectivity index (χ2v) is 6.23. The van der Waals surface area contributed by atoms with Crippen molar-refractivity contribution in [2.45, 2.75) is 19.8 Å². The molecule has 2 heterocycles. The number of nitrogens with one attached hydrogen (secondary N) is 1. The lowest BCUT2D eigenvalue weighted by Crippen LogP contribution is -2.12. The van der Waals surface area contributed by atoms with Crippen LogP contribution in [0.3, 0.4) is 0 Å². The van der Waals surface area contributed by atoms with Gasteiger partial charge >= 0.3 is 0 Å². The van der Waals surface area contributed by atoms with Gasteiger partial charge in [0.05, 0.1) is 10.7 Å². The highest BCUT2D eigenvalue weighted by Crippen LogP contribution is 2.21. The van der Waals surface area contributed by atoms with E-state index in [1.807, 2.05) is 48.7 Å². The predicted molar refractivity (Wildman–Crippen MR) is 93.5 cm³/mol. The Bertz CT molecular complexity index is 782. The van der Waals surface area contributed by atoms with Crippen LogP contribution < -0.4 is 5.32 Å². The lowest BCUT2D eigenvalue weighted by molar-refractivity contribution is -0.116. The summed E-state index contributed by atoms with van der Waals surface area (Å²) in [7, 11) is 0. The van der Waals surface area contributed by atoms with Crippen LogP contribution in [-0.4, -0.2) is 15.9 Å². The molecule has 0 spiro atoms. The molecule has 0 unspecified atom stereocenters. The van der Waals surface area contributed by atoms with Gasteiger partial charge in [0.1, 0.15) is 0 Å². The topological polar surface area (TPSA) is 54.9 Å². The highest BCUT2D eigenvalue weighted by atomic mass is 32.1. The zero-order valence-corrected chi connectivity index (χ0v) is 13.6. The fourth-order valence-electron chi connectivity index (χ4n) is 2.15. The third-order valence-corrected chi connectivity index (χ3v) is 4.32. The first-order chi connectivity index (χ1) is 11.2. The largest absolute Gasteiger partial charge is 0.326 e. The van der Waals surface area contributed by atoms with E-state index in [2.05, 4.69) is 15.3 Å². The molecule has 0 aliphatic heterocycles. The zero-order valence-electron chi connectivity index (χ0n) is 12.8. The summed E-state index contributed by atoms with van der Waals surface area (Å²) in [6, 6.07) is 11.7. The fourth-order valence-corrected chi connectivity index (χ4v) is 2.96. The van der Waals surface area contributed by atoms with Gasteiger partial charge in [-0.05, 0) is 31.2 Å². The Morgan fingerprint density at radius 3 is 2.78 bits per heavy atom. The lowest BCUT2D eigenvalue weighted by Gasteiger charge is -2.04. The standard InChI is InChI=1S/C18H17N3OS/c1-13-4-6-15(7-5-13)20-17(22)8-9-18-21-16(12-23-18)14-3-2-10-19-11-14/h2-7,10-12H,8-9H2,1H3,(H,20,22). The van der Waals surface area contributed by atoms with E-state index in [1.54, 1.807) is 23.7 Å². The third kappa shape index (κ3) is 4.23. The van der Waals surface area contributed by atoms with Gasteiger partial charge in [0.25, 0.3) is 0 Å². The molecule has 1 amide bonds. The molecule has 0 atom stereocenters. The van der Waals surface area contributed by atoms with E-state index in [4.69, 9.17) is 0 Å². The number of thiazole rings is 1. The maximum atomic E-state index is 12.0. The third-order valence-electron chi connectivity index (χ3n) is 3.41. The van der Waals surface area contributed by atoms with Crippen LogP contribution in [0.25, 0.3) is 11.3 Å². The van der Waals surface area contributed by atoms with Gasteiger partial charge in [0.2, 0.25) is 5.91 Å². The Kier molecular flexibility index (Phi) is 4.78. The molecule has 1 aromatic carbocycles. The Morgan fingerprint density at radius 1 is 1.22 bits per heavy atom. The number of nitrogens with zero attached hydrogens (tertiary/aromatic N) is 2. The molecular weight excluding hydrogens is 306 g/mol. The van der Waals surface area contributed by atoms with Crippen molar-refractivity contribution in [1.82, 2.24) is 9.97 Å². The van der Waals surface area contributed by atoms with Crippen molar-refractivity contribution in [2.24, 2.45) is 0 Å². The van der Waals surface area contributed by atoms with Gasteiger partial charge in [-0.3, -0.25) is 9.78 Å². The van der Waals surface area contributed by atoms with Gasteiger partial charge in [-0.1, -0.05) is 17.7 Å². The highest BCUT2D eigenvalue weighted by Gasteiger charge is 2.08. The number of hydrogen-bond donors (Lipinski definition) is 1. The molecule has 23 heavy (non-hydrogen) atoms. The molecule has 0 saturated carbocycles. The van der Waals surface area contributed by atoms with Crippen molar-refractivity contribution >= 4 is 22.9 Å². The molecule has 4 nitrogen and oxygen atoms in total. The van der Waals surface area contributed by atoms with Crippen LogP contribution in [0.1, 0.15) is 17.0 Å². The van der Waals surface area contributed by atoms with E-state index >= 15 is 0 Å². The minimum atomic E-state index is 0.00646. The Morgan fingerprint density at radius 2 is 2.04 bits per heavy atom. The van der Waals surface area contributed by atoms with Gasteiger partial charge < -0.3 is 5.32 Å². The van der Waals surface area contributed by atoms with Crippen LogP contribution in [0.4, 0.5) is 5.69 Å². The number of benzene rings is 1. The minimum Gasteiger partial charge on any atom is -0.326 e. The van der Waals surface area contributed by atoms with Crippen molar-refractivity contribution in [3.05, 3.63) is 64.7 Å². The number of anilines is 1. The van der Waals surface area contributed by atoms with E-state index in [0.717, 1.165) is 22.0 Å². The van der Waals surface area contributed by atoms with Crippen molar-refractivity contribution in [3.8, 4) is 11.3 Å². The summed E-state index contributed by atoms with van der Waals surface area (Å²) >= 11 is 1.58. The van der Waals surface area contributed by atoms with E-state index in [1.165, 1.54) is 5.56 Å². The van der Waals surface area contributed by atoms with E-state index in [0.29, 0.717) is 12.8 Å². The maximum absolute atomic E-state index is 12.0. The van der Waals surface area contributed by atoms with Crippen molar-refractivity contribution < 1.29 is 4.79 Å². The zero-order chi connectivity index (χ0) is 16.1. The second kappa shape index (κ2) is 7.15. The van der Waals surface area contributed by atoms with Gasteiger partial charge in [0, 0.05) is 41.9 Å². The van der Waals surface area contributed by atoms with Crippen LogP contribution in [0, 0.1) is 6.92 Å². The molecule has 2 aromatic heterocycles. The van der Waals surface area contributed by atoms with E-state index < -0.39 is 0 Å². The second-order valence-electron chi connectivity index (χ2n) is 5.28. The number of aromatic nitrogens is 2. The van der Waals surface area contributed by atoms with Gasteiger partial charge in [-0.25, -0.2) is 4.98 Å². The molecule has 116 valence electrons. The lowest BCUT2D eigenvalue weighted by atomic mass is 10.2. The summed E-state index contributed by atoms with van der Waals surface area (Å²) < 4.78 is 0. The highest BCUT2D eigenvalue weighted by molar-refractivity contribution is 7.09. The molecule has 0 radical (unpaired) electrons. The molecule has 0 bridgehead atoms. The van der Waals surface area contributed by atoms with Crippen molar-refractivity contribution in [1.29, 1.82) is 0 Å². The summed E-state index contributed by atoms with van der Waals surface area (Å²) in [4.78, 5) is 20.7. The Hall–Kier alpha value is -2.53. The Balaban J connectivity index is 1.55. The number of amides is 1. The van der Waals surface area contributed by atoms with Crippen molar-refractivity contribution in [2.75, 3.05) is 5.32 Å². The smallest absolute Gasteiger partial charge is 0.224 e. The fraction of sp³-hybridized carbons (Fsp3) is 0.167. The van der Waals surface area contributed by atoms with Crippen LogP contribution in [0.15, 0.2) is 54.2 Å². The van der Waals surface area contributed by atoms with Crippen LogP contribution in [0.2, 0.25) is 0 Å². The van der Waals surface area contributed by atoms with Gasteiger partial charge in [-0.2, -0.15) is 0 Å². The van der Waals surface area contributed by atoms with Gasteiger partial charge in [-0.15, -0.1) is 11.3 Å². The molecule has 5 heteroatoms. The molecule has 0 saturated heterocycles. The summed E-state index contributed by atoms with van der Waals surface area (Å²) in [6.45, 7) is 2.02. The van der Waals surface area contributed by atoms with Crippen molar-refractivity contribution in [3.63, 3.8) is 0 Å². The molecule has 1 N–H and O–H groups in total. The molecule has 3 aromatic rings. The predicted octanol–water partition coefficient (Wildman–Crippen LogP) is 4.08. The molecule has 0 fully saturated rings. The number of carbonyl (C=O) groups is 1. The van der Waals surface area contributed by atoms with Gasteiger partial charge in [0.15, 0.2) is 0 Å². The molecule has 0 aliphatic rings. The summed E-state index contributed by atoms with van der Waals surface area (Å²) in [5, 5.41) is 5.87. The summed E-state index contributed by atoms with van der Waals surface area (Å²) in [5.41, 5.74) is 3.92. The minimum absolute atomic E-state index is 0.00646. The van der Waals surface area contributed by atoms with Crippen LogP contribution in [0.5, 0.6) is 0 Å².